The summed E-state index contributed by atoms with van der Waals surface area (Å²) in [6.07, 6.45) is 0.850. The lowest BCUT2D eigenvalue weighted by atomic mass is 9.80. The molecule has 0 fully saturated rings. The van der Waals surface area contributed by atoms with E-state index in [2.05, 4.69) is 4.42 Å². The lowest BCUT2D eigenvalue weighted by Gasteiger charge is -2.10. The first-order chi connectivity index (χ1) is 5.05. The molecule has 0 aliphatic rings. The average molecular weight is 160 g/mol. The van der Waals surface area contributed by atoms with Crippen LogP contribution in [0.25, 0.3) is 0 Å². The van der Waals surface area contributed by atoms with Crippen molar-refractivity contribution in [1.29, 1.82) is 5.26 Å². The van der Waals surface area contributed by atoms with Crippen molar-refractivity contribution in [2.75, 3.05) is 0 Å². The van der Waals surface area contributed by atoms with E-state index < -0.39 is 18.2 Å². The van der Waals surface area contributed by atoms with Crippen LogP contribution in [0.1, 0.15) is 5.76 Å². The van der Waals surface area contributed by atoms with E-state index in [1.165, 1.54) is 6.07 Å². The zero-order valence-corrected chi connectivity index (χ0v) is 5.22. The van der Waals surface area contributed by atoms with Crippen molar-refractivity contribution in [2.45, 2.75) is 0 Å². The third-order valence-electron chi connectivity index (χ3n) is 1.15. The lowest BCUT2D eigenvalue weighted by molar-refractivity contribution is 0.496. The van der Waals surface area contributed by atoms with Gasteiger partial charge in [-0.1, -0.05) is 5.46 Å². The molecule has 58 valence electrons. The van der Waals surface area contributed by atoms with Crippen LogP contribution in [-0.4, -0.2) is 6.98 Å². The summed E-state index contributed by atoms with van der Waals surface area (Å²) < 4.78 is 40.0. The van der Waals surface area contributed by atoms with E-state index in [9.17, 15) is 12.9 Å². The van der Waals surface area contributed by atoms with Crippen molar-refractivity contribution < 1.29 is 17.4 Å². The highest BCUT2D eigenvalue weighted by atomic mass is 19.4. The van der Waals surface area contributed by atoms with Gasteiger partial charge >= 0.3 is 6.98 Å². The molecule has 0 radical (unpaired) electrons. The quantitative estimate of drug-likeness (QED) is 0.578. The van der Waals surface area contributed by atoms with Crippen molar-refractivity contribution in [3.8, 4) is 6.07 Å². The molecule has 0 bridgehead atoms. The fourth-order valence-electron chi connectivity index (χ4n) is 0.668. The van der Waals surface area contributed by atoms with Crippen molar-refractivity contribution >= 4 is 12.4 Å². The average Bonchev–Trinajstić information content (AvgIpc) is 2.31. The Labute approximate surface area is 60.3 Å². The van der Waals surface area contributed by atoms with E-state index in [-0.39, 0.29) is 0 Å². The fourth-order valence-corrected chi connectivity index (χ4v) is 0.668. The Hall–Kier alpha value is -1.38. The molecule has 0 saturated carbocycles. The van der Waals surface area contributed by atoms with Crippen LogP contribution in [-0.2, 0) is 0 Å². The molecular weight excluding hydrogens is 158 g/mol. The molecule has 6 heteroatoms. The monoisotopic (exact) mass is 160 g/mol. The molecule has 11 heavy (non-hydrogen) atoms. The third-order valence-corrected chi connectivity index (χ3v) is 1.15. The number of rotatable bonds is 1. The van der Waals surface area contributed by atoms with Gasteiger partial charge in [0.05, 0.1) is 6.26 Å². The van der Waals surface area contributed by atoms with Gasteiger partial charge in [-0.25, -0.2) is 0 Å². The maximum Gasteiger partial charge on any atom is 0.514 e. The van der Waals surface area contributed by atoms with Crippen LogP contribution in [0.15, 0.2) is 16.7 Å². The highest BCUT2D eigenvalue weighted by molar-refractivity contribution is 6.74. The summed E-state index contributed by atoms with van der Waals surface area (Å²) in [4.78, 5) is 0. The minimum Gasteiger partial charge on any atom is -0.457 e. The normalized spacial score (nSPS) is 11.1. The van der Waals surface area contributed by atoms with Crippen molar-refractivity contribution in [2.24, 2.45) is 0 Å². The number of nitriles is 1. The third kappa shape index (κ3) is 1.37. The minimum atomic E-state index is -5.11. The Balaban J connectivity index is 3.15. The maximum atomic E-state index is 11.9. The van der Waals surface area contributed by atoms with Crippen LogP contribution in [0.5, 0.6) is 0 Å². The number of halogens is 3. The second-order valence-corrected chi connectivity index (χ2v) is 1.89. The van der Waals surface area contributed by atoms with Crippen molar-refractivity contribution in [3.63, 3.8) is 0 Å². The summed E-state index contributed by atoms with van der Waals surface area (Å²) in [5, 5.41) is 8.14. The molecule has 1 heterocycles. The Bertz CT molecular complexity index is 297. The molecule has 0 unspecified atom stereocenters. The Morgan fingerprint density at radius 1 is 1.45 bits per heavy atom. The standard InChI is InChI=1S/C5H2BF3NO/c7-6(8,9)4-1-2-11-5(4)3-10/h1-2H/q-1. The SMILES string of the molecule is N#Cc1occc1[B-](F)(F)F. The Morgan fingerprint density at radius 2 is 2.09 bits per heavy atom. The molecule has 0 aromatic carbocycles. The molecule has 0 spiro atoms. The fraction of sp³-hybridized carbons (Fsp3) is 0. The summed E-state index contributed by atoms with van der Waals surface area (Å²) in [5.74, 6) is -0.669. The van der Waals surface area contributed by atoms with Gasteiger partial charge in [-0.2, -0.15) is 5.26 Å². The smallest absolute Gasteiger partial charge is 0.457 e. The van der Waals surface area contributed by atoms with E-state index in [0.29, 0.717) is 0 Å². The Kier molecular flexibility index (Phi) is 1.65. The predicted octanol–water partition coefficient (Wildman–Crippen LogP) is 1.21. The number of hydrogen-bond acceptors (Lipinski definition) is 2. The van der Waals surface area contributed by atoms with E-state index >= 15 is 0 Å². The topological polar surface area (TPSA) is 36.9 Å². The molecule has 0 saturated heterocycles. The molecule has 0 N–H and O–H groups in total. The van der Waals surface area contributed by atoms with Crippen LogP contribution < -0.4 is 5.46 Å². The van der Waals surface area contributed by atoms with E-state index in [1.54, 1.807) is 0 Å². The highest BCUT2D eigenvalue weighted by Crippen LogP contribution is 2.11. The van der Waals surface area contributed by atoms with Gasteiger partial charge in [-0.15, -0.1) is 0 Å². The highest BCUT2D eigenvalue weighted by Gasteiger charge is 2.30. The van der Waals surface area contributed by atoms with E-state index in [1.807, 2.05) is 0 Å². The lowest BCUT2D eigenvalue weighted by Crippen LogP contribution is -2.34. The van der Waals surface area contributed by atoms with Crippen LogP contribution in [0.2, 0.25) is 0 Å². The first-order valence-corrected chi connectivity index (χ1v) is 2.73. The molecule has 0 atom stereocenters. The molecule has 1 aromatic heterocycles. The van der Waals surface area contributed by atoms with Gasteiger partial charge in [0.1, 0.15) is 6.07 Å². The zero-order valence-electron chi connectivity index (χ0n) is 5.22. The summed E-state index contributed by atoms with van der Waals surface area (Å²) in [7, 11) is 0. The minimum absolute atomic E-state index is 0.669. The maximum absolute atomic E-state index is 11.9. The van der Waals surface area contributed by atoms with Gasteiger partial charge in [0.15, 0.2) is 5.76 Å². The summed E-state index contributed by atoms with van der Waals surface area (Å²) >= 11 is 0. The van der Waals surface area contributed by atoms with Gasteiger partial charge < -0.3 is 17.4 Å². The molecule has 1 aromatic rings. The summed E-state index contributed by atoms with van der Waals surface area (Å²) in [5.41, 5.74) is -0.965. The van der Waals surface area contributed by atoms with Crippen LogP contribution in [0.4, 0.5) is 12.9 Å². The van der Waals surface area contributed by atoms with Crippen LogP contribution in [0.3, 0.4) is 0 Å². The largest absolute Gasteiger partial charge is 0.514 e. The van der Waals surface area contributed by atoms with E-state index in [4.69, 9.17) is 5.26 Å². The van der Waals surface area contributed by atoms with Gasteiger partial charge in [-0.3, -0.25) is 0 Å². The van der Waals surface area contributed by atoms with Gasteiger partial charge in [0, 0.05) is 0 Å². The number of nitrogens with zero attached hydrogens (tertiary/aromatic N) is 1. The molecule has 2 nitrogen and oxygen atoms in total. The van der Waals surface area contributed by atoms with Crippen molar-refractivity contribution in [1.82, 2.24) is 0 Å². The summed E-state index contributed by atoms with van der Waals surface area (Å²) in [6.45, 7) is -5.11. The van der Waals surface area contributed by atoms with Crippen molar-refractivity contribution in [3.05, 3.63) is 18.1 Å². The molecular formula is C5H2BF3NO-. The molecule has 0 amide bonds. The van der Waals surface area contributed by atoms with Crippen LogP contribution >= 0.6 is 0 Å². The second-order valence-electron chi connectivity index (χ2n) is 1.89. The molecule has 1 rings (SSSR count). The second kappa shape index (κ2) is 2.34. The van der Waals surface area contributed by atoms with Gasteiger partial charge in [0.25, 0.3) is 0 Å². The van der Waals surface area contributed by atoms with Crippen LogP contribution in [0, 0.1) is 11.3 Å². The first kappa shape index (κ1) is 7.73. The first-order valence-electron chi connectivity index (χ1n) is 2.73. The molecule has 0 aliphatic carbocycles. The number of hydrogen-bond donors (Lipinski definition) is 0. The van der Waals surface area contributed by atoms with Gasteiger partial charge in [0.2, 0.25) is 0 Å². The van der Waals surface area contributed by atoms with Gasteiger partial charge in [-0.05, 0) is 6.07 Å². The predicted molar refractivity (Wildman–Crippen MR) is 32.1 cm³/mol. The Morgan fingerprint density at radius 3 is 2.45 bits per heavy atom. The number of furan rings is 1. The van der Waals surface area contributed by atoms with E-state index in [0.717, 1.165) is 12.3 Å². The molecule has 0 aliphatic heterocycles. The zero-order chi connectivity index (χ0) is 8.48. The summed E-state index contributed by atoms with van der Waals surface area (Å²) in [6, 6.07) is 2.06.